The number of hydrogen-bond donors (Lipinski definition) is 2. The standard InChI is InChI=1S/C23H25N5O4/c1-24-22(29)16-7-5-6-8-17(16)28-10-9-14-13-25-23(27-21(14)28)26-15-11-18(30-2)20(32-4)19(12-15)31-3/h5-8,11-13H,9-10H2,1-4H3,(H,24,29)(H,25,26,27). The predicted molar refractivity (Wildman–Crippen MR) is 122 cm³/mol. The molecule has 1 aliphatic heterocycles. The van der Waals surface area contributed by atoms with Crippen molar-refractivity contribution in [3.8, 4) is 17.2 Å². The molecule has 0 fully saturated rings. The number of amides is 1. The lowest BCUT2D eigenvalue weighted by atomic mass is 10.1. The zero-order valence-corrected chi connectivity index (χ0v) is 18.4. The number of aromatic nitrogens is 2. The summed E-state index contributed by atoms with van der Waals surface area (Å²) in [5.74, 6) is 2.60. The van der Waals surface area contributed by atoms with Crippen LogP contribution < -0.4 is 29.7 Å². The average Bonchev–Trinajstić information content (AvgIpc) is 3.25. The van der Waals surface area contributed by atoms with Gasteiger partial charge in [0.2, 0.25) is 11.7 Å². The number of carbonyl (C=O) groups is 1. The molecule has 9 nitrogen and oxygen atoms in total. The molecule has 2 N–H and O–H groups in total. The molecule has 2 heterocycles. The predicted octanol–water partition coefficient (Wildman–Crippen LogP) is 3.30. The van der Waals surface area contributed by atoms with Gasteiger partial charge in [-0.3, -0.25) is 4.79 Å². The first-order valence-electron chi connectivity index (χ1n) is 10.1. The number of hydrogen-bond acceptors (Lipinski definition) is 8. The van der Waals surface area contributed by atoms with Gasteiger partial charge in [-0.25, -0.2) is 4.98 Å². The van der Waals surface area contributed by atoms with E-state index in [0.717, 1.165) is 23.5 Å². The monoisotopic (exact) mass is 435 g/mol. The summed E-state index contributed by atoms with van der Waals surface area (Å²) in [7, 11) is 6.31. The Balaban J connectivity index is 1.68. The molecule has 2 aromatic carbocycles. The van der Waals surface area contributed by atoms with Crippen molar-refractivity contribution in [2.75, 3.05) is 45.1 Å². The molecule has 3 aromatic rings. The van der Waals surface area contributed by atoms with Crippen LogP contribution in [0, 0.1) is 0 Å². The summed E-state index contributed by atoms with van der Waals surface area (Å²) in [6.07, 6.45) is 2.60. The Morgan fingerprint density at radius 2 is 1.78 bits per heavy atom. The Kier molecular flexibility index (Phi) is 5.98. The summed E-state index contributed by atoms with van der Waals surface area (Å²) in [6, 6.07) is 11.1. The molecule has 1 amide bonds. The minimum absolute atomic E-state index is 0.140. The molecule has 0 saturated heterocycles. The van der Waals surface area contributed by atoms with Crippen molar-refractivity contribution < 1.29 is 19.0 Å². The second-order valence-corrected chi connectivity index (χ2v) is 7.08. The highest BCUT2D eigenvalue weighted by Gasteiger charge is 2.26. The van der Waals surface area contributed by atoms with Crippen LogP contribution in [0.25, 0.3) is 0 Å². The molecule has 0 atom stereocenters. The zero-order chi connectivity index (χ0) is 22.7. The van der Waals surface area contributed by atoms with E-state index in [4.69, 9.17) is 19.2 Å². The van der Waals surface area contributed by atoms with Crippen molar-refractivity contribution in [1.82, 2.24) is 15.3 Å². The van der Waals surface area contributed by atoms with E-state index in [0.29, 0.717) is 41.0 Å². The summed E-state index contributed by atoms with van der Waals surface area (Å²) in [6.45, 7) is 0.714. The number of para-hydroxylation sites is 1. The SMILES string of the molecule is CNC(=O)c1ccccc1N1CCc2cnc(Nc3cc(OC)c(OC)c(OC)c3)nc21. The number of ether oxygens (including phenoxy) is 3. The summed E-state index contributed by atoms with van der Waals surface area (Å²) >= 11 is 0. The van der Waals surface area contributed by atoms with Crippen LogP contribution in [0.5, 0.6) is 17.2 Å². The van der Waals surface area contributed by atoms with Gasteiger partial charge in [0.1, 0.15) is 5.82 Å². The van der Waals surface area contributed by atoms with E-state index in [1.165, 1.54) is 0 Å². The number of methoxy groups -OCH3 is 3. The third-order valence-corrected chi connectivity index (χ3v) is 5.29. The highest BCUT2D eigenvalue weighted by Crippen LogP contribution is 2.41. The number of anilines is 4. The maximum atomic E-state index is 12.4. The van der Waals surface area contributed by atoms with Gasteiger partial charge in [-0.2, -0.15) is 4.98 Å². The molecule has 0 spiro atoms. The van der Waals surface area contributed by atoms with Crippen molar-refractivity contribution in [2.45, 2.75) is 6.42 Å². The Morgan fingerprint density at radius 3 is 2.44 bits per heavy atom. The number of rotatable bonds is 7. The van der Waals surface area contributed by atoms with Crippen LogP contribution in [0.15, 0.2) is 42.6 Å². The lowest BCUT2D eigenvalue weighted by Crippen LogP contribution is -2.23. The maximum Gasteiger partial charge on any atom is 0.253 e. The van der Waals surface area contributed by atoms with E-state index >= 15 is 0 Å². The average molecular weight is 435 g/mol. The number of nitrogens with zero attached hydrogens (tertiary/aromatic N) is 3. The van der Waals surface area contributed by atoms with Gasteiger partial charge in [0, 0.05) is 43.2 Å². The van der Waals surface area contributed by atoms with Gasteiger partial charge in [0.15, 0.2) is 11.5 Å². The largest absolute Gasteiger partial charge is 0.493 e. The molecule has 4 rings (SSSR count). The van der Waals surface area contributed by atoms with E-state index in [9.17, 15) is 4.79 Å². The molecule has 32 heavy (non-hydrogen) atoms. The Hall–Kier alpha value is -4.01. The number of nitrogens with one attached hydrogen (secondary N) is 2. The summed E-state index contributed by atoms with van der Waals surface area (Å²) in [4.78, 5) is 23.6. The second-order valence-electron chi connectivity index (χ2n) is 7.08. The smallest absolute Gasteiger partial charge is 0.253 e. The van der Waals surface area contributed by atoms with Crippen LogP contribution in [-0.4, -0.2) is 50.8 Å². The van der Waals surface area contributed by atoms with Gasteiger partial charge in [-0.1, -0.05) is 12.1 Å². The minimum atomic E-state index is -0.140. The molecule has 1 aromatic heterocycles. The first-order chi connectivity index (χ1) is 15.6. The van der Waals surface area contributed by atoms with Crippen molar-refractivity contribution in [3.63, 3.8) is 0 Å². The van der Waals surface area contributed by atoms with Crippen LogP contribution >= 0.6 is 0 Å². The Morgan fingerprint density at radius 1 is 1.06 bits per heavy atom. The fourth-order valence-electron chi connectivity index (χ4n) is 3.76. The van der Waals surface area contributed by atoms with E-state index in [1.807, 2.05) is 35.4 Å². The van der Waals surface area contributed by atoms with Crippen LogP contribution in [0.3, 0.4) is 0 Å². The van der Waals surface area contributed by atoms with Crippen LogP contribution in [0.1, 0.15) is 15.9 Å². The van der Waals surface area contributed by atoms with Crippen LogP contribution in [0.4, 0.5) is 23.1 Å². The van der Waals surface area contributed by atoms with Crippen molar-refractivity contribution in [3.05, 3.63) is 53.7 Å². The van der Waals surface area contributed by atoms with Gasteiger partial charge in [0.25, 0.3) is 5.91 Å². The summed E-state index contributed by atoms with van der Waals surface area (Å²) < 4.78 is 16.2. The first-order valence-corrected chi connectivity index (χ1v) is 10.1. The van der Waals surface area contributed by atoms with Crippen molar-refractivity contribution in [1.29, 1.82) is 0 Å². The number of carbonyl (C=O) groups excluding carboxylic acids is 1. The fraction of sp³-hybridized carbons (Fsp3) is 0.261. The van der Waals surface area contributed by atoms with Gasteiger partial charge in [-0.15, -0.1) is 0 Å². The third-order valence-electron chi connectivity index (χ3n) is 5.29. The van der Waals surface area contributed by atoms with Gasteiger partial charge in [0.05, 0.1) is 32.6 Å². The molecule has 166 valence electrons. The van der Waals surface area contributed by atoms with Crippen molar-refractivity contribution in [2.24, 2.45) is 0 Å². The van der Waals surface area contributed by atoms with Gasteiger partial charge in [-0.05, 0) is 18.6 Å². The van der Waals surface area contributed by atoms with E-state index in [2.05, 4.69) is 15.6 Å². The van der Waals surface area contributed by atoms with E-state index in [1.54, 1.807) is 40.5 Å². The van der Waals surface area contributed by atoms with E-state index < -0.39 is 0 Å². The second kappa shape index (κ2) is 9.01. The minimum Gasteiger partial charge on any atom is -0.493 e. The highest BCUT2D eigenvalue weighted by molar-refractivity contribution is 6.00. The van der Waals surface area contributed by atoms with Gasteiger partial charge >= 0.3 is 0 Å². The molecule has 1 aliphatic rings. The molecule has 0 radical (unpaired) electrons. The van der Waals surface area contributed by atoms with Crippen molar-refractivity contribution >= 4 is 29.0 Å². The quantitative estimate of drug-likeness (QED) is 0.583. The highest BCUT2D eigenvalue weighted by atomic mass is 16.5. The molecular formula is C23H25N5O4. The lowest BCUT2D eigenvalue weighted by molar-refractivity contribution is 0.0963. The summed E-state index contributed by atoms with van der Waals surface area (Å²) in [5, 5.41) is 5.91. The Bertz CT molecular complexity index is 1130. The third kappa shape index (κ3) is 3.84. The molecular weight excluding hydrogens is 410 g/mol. The van der Waals surface area contributed by atoms with E-state index in [-0.39, 0.29) is 5.91 Å². The van der Waals surface area contributed by atoms with Crippen LogP contribution in [-0.2, 0) is 6.42 Å². The molecule has 0 bridgehead atoms. The molecule has 0 unspecified atom stereocenters. The first kappa shape index (κ1) is 21.2. The normalized spacial score (nSPS) is 12.2. The molecule has 0 aliphatic carbocycles. The van der Waals surface area contributed by atoms with Gasteiger partial charge < -0.3 is 29.7 Å². The maximum absolute atomic E-state index is 12.4. The molecule has 9 heteroatoms. The Labute approximate surface area is 186 Å². The lowest BCUT2D eigenvalue weighted by Gasteiger charge is -2.21. The number of benzene rings is 2. The zero-order valence-electron chi connectivity index (χ0n) is 18.4. The fourth-order valence-corrected chi connectivity index (χ4v) is 3.76. The summed E-state index contributed by atoms with van der Waals surface area (Å²) in [5.41, 5.74) is 3.12. The molecule has 0 saturated carbocycles. The topological polar surface area (TPSA) is 97.8 Å². The number of fused-ring (bicyclic) bond motifs is 1. The van der Waals surface area contributed by atoms with Crippen LogP contribution in [0.2, 0.25) is 0 Å².